The highest BCUT2D eigenvalue weighted by molar-refractivity contribution is 7.91. The Labute approximate surface area is 114 Å². The van der Waals surface area contributed by atoms with Gasteiger partial charge in [-0.2, -0.15) is 13.2 Å². The van der Waals surface area contributed by atoms with E-state index >= 15 is 0 Å². The first-order valence-corrected chi connectivity index (χ1v) is 7.84. The molecule has 1 rings (SSSR count). The number of amides is 1. The lowest BCUT2D eigenvalue weighted by molar-refractivity contribution is -0.162. The molecule has 0 spiro atoms. The van der Waals surface area contributed by atoms with Crippen molar-refractivity contribution in [2.24, 2.45) is 0 Å². The molecule has 1 aliphatic rings. The molecule has 1 heterocycles. The summed E-state index contributed by atoms with van der Waals surface area (Å²) >= 11 is 0. The van der Waals surface area contributed by atoms with Crippen LogP contribution in [-0.4, -0.2) is 74.3 Å². The van der Waals surface area contributed by atoms with Crippen LogP contribution in [0.2, 0.25) is 0 Å². The monoisotopic (exact) mass is 318 g/mol. The molecular weight excluding hydrogens is 301 g/mol. The molecule has 0 radical (unpaired) electrons. The van der Waals surface area contributed by atoms with Crippen LogP contribution in [0.25, 0.3) is 0 Å². The van der Waals surface area contributed by atoms with Gasteiger partial charge in [-0.3, -0.25) is 4.79 Å². The smallest absolute Gasteiger partial charge is 0.395 e. The highest BCUT2D eigenvalue weighted by Gasteiger charge is 2.34. The maximum absolute atomic E-state index is 12.3. The van der Waals surface area contributed by atoms with Crippen LogP contribution in [0.4, 0.5) is 13.2 Å². The summed E-state index contributed by atoms with van der Waals surface area (Å²) in [5, 5.41) is 11.5. The Morgan fingerprint density at radius 2 is 2.05 bits per heavy atom. The lowest BCUT2D eigenvalue weighted by Crippen LogP contribution is -2.49. The van der Waals surface area contributed by atoms with Gasteiger partial charge in [0.1, 0.15) is 6.54 Å². The van der Waals surface area contributed by atoms with Crippen LogP contribution >= 0.6 is 0 Å². The molecule has 20 heavy (non-hydrogen) atoms. The van der Waals surface area contributed by atoms with E-state index in [1.165, 1.54) is 0 Å². The Hall–Kier alpha value is -0.870. The van der Waals surface area contributed by atoms with Gasteiger partial charge in [-0.1, -0.05) is 0 Å². The van der Waals surface area contributed by atoms with Gasteiger partial charge in [0.2, 0.25) is 5.91 Å². The highest BCUT2D eigenvalue weighted by atomic mass is 32.2. The summed E-state index contributed by atoms with van der Waals surface area (Å²) in [6.45, 7) is -2.29. The molecule has 1 unspecified atom stereocenters. The van der Waals surface area contributed by atoms with Crippen molar-refractivity contribution in [2.45, 2.75) is 18.6 Å². The molecule has 0 saturated carbocycles. The van der Waals surface area contributed by atoms with Gasteiger partial charge in [0.15, 0.2) is 9.84 Å². The molecule has 0 aromatic heterocycles. The summed E-state index contributed by atoms with van der Waals surface area (Å²) in [4.78, 5) is 12.3. The standard InChI is InChI=1S/C10H17F3N2O4S/c11-10(12,13)7-15(2-3-16)9(17)5-8-6-20(18,19)4-1-14-8/h8,14,16H,1-7H2. The molecule has 10 heteroatoms. The lowest BCUT2D eigenvalue weighted by Gasteiger charge is -2.27. The van der Waals surface area contributed by atoms with Gasteiger partial charge in [0, 0.05) is 25.6 Å². The van der Waals surface area contributed by atoms with Gasteiger partial charge in [-0.25, -0.2) is 8.42 Å². The van der Waals surface area contributed by atoms with Crippen LogP contribution in [0.3, 0.4) is 0 Å². The zero-order chi connectivity index (χ0) is 15.4. The average Bonchev–Trinajstić information content (AvgIpc) is 2.25. The van der Waals surface area contributed by atoms with Crippen molar-refractivity contribution in [3.05, 3.63) is 0 Å². The molecule has 1 atom stereocenters. The number of nitrogens with zero attached hydrogens (tertiary/aromatic N) is 1. The third kappa shape index (κ3) is 6.06. The molecule has 1 aliphatic heterocycles. The van der Waals surface area contributed by atoms with E-state index in [0.717, 1.165) is 0 Å². The first-order valence-electron chi connectivity index (χ1n) is 6.02. The van der Waals surface area contributed by atoms with Crippen LogP contribution < -0.4 is 5.32 Å². The largest absolute Gasteiger partial charge is 0.406 e. The molecule has 6 nitrogen and oxygen atoms in total. The van der Waals surface area contributed by atoms with Crippen molar-refractivity contribution in [1.82, 2.24) is 10.2 Å². The second-order valence-electron chi connectivity index (χ2n) is 4.62. The molecule has 2 N–H and O–H groups in total. The van der Waals surface area contributed by atoms with Crippen LogP contribution in [0.15, 0.2) is 0 Å². The number of aliphatic hydroxyl groups is 1. The molecule has 0 bridgehead atoms. The van der Waals surface area contributed by atoms with Gasteiger partial charge in [-0.05, 0) is 0 Å². The first-order chi connectivity index (χ1) is 9.13. The summed E-state index contributed by atoms with van der Waals surface area (Å²) < 4.78 is 59.7. The molecule has 1 fully saturated rings. The molecule has 1 saturated heterocycles. The topological polar surface area (TPSA) is 86.7 Å². The fourth-order valence-corrected chi connectivity index (χ4v) is 3.41. The van der Waals surface area contributed by atoms with Gasteiger partial charge in [0.25, 0.3) is 0 Å². The minimum Gasteiger partial charge on any atom is -0.395 e. The highest BCUT2D eigenvalue weighted by Crippen LogP contribution is 2.17. The SMILES string of the molecule is O=C(CC1CS(=O)(=O)CCN1)N(CCO)CC(F)(F)F. The van der Waals surface area contributed by atoms with Crippen LogP contribution in [-0.2, 0) is 14.6 Å². The summed E-state index contributed by atoms with van der Waals surface area (Å²) in [5.74, 6) is -1.14. The van der Waals surface area contributed by atoms with Crippen molar-refractivity contribution >= 4 is 15.7 Å². The van der Waals surface area contributed by atoms with E-state index in [1.807, 2.05) is 0 Å². The van der Waals surface area contributed by atoms with Gasteiger partial charge in [-0.15, -0.1) is 0 Å². The average molecular weight is 318 g/mol. The van der Waals surface area contributed by atoms with E-state index in [-0.39, 0.29) is 24.5 Å². The zero-order valence-electron chi connectivity index (χ0n) is 10.7. The Morgan fingerprint density at radius 1 is 1.40 bits per heavy atom. The van der Waals surface area contributed by atoms with E-state index in [4.69, 9.17) is 5.11 Å². The van der Waals surface area contributed by atoms with Gasteiger partial charge < -0.3 is 15.3 Å². The summed E-state index contributed by atoms with van der Waals surface area (Å²) in [7, 11) is -3.26. The van der Waals surface area contributed by atoms with Gasteiger partial charge >= 0.3 is 6.18 Å². The fourth-order valence-electron chi connectivity index (χ4n) is 1.97. The number of nitrogens with one attached hydrogen (secondary N) is 1. The Bertz CT molecular complexity index is 438. The van der Waals surface area contributed by atoms with Crippen molar-refractivity contribution in [3.63, 3.8) is 0 Å². The van der Waals surface area contributed by atoms with E-state index in [0.29, 0.717) is 4.90 Å². The maximum Gasteiger partial charge on any atom is 0.406 e. The second kappa shape index (κ2) is 6.72. The van der Waals surface area contributed by atoms with E-state index < -0.39 is 47.7 Å². The first kappa shape index (κ1) is 17.2. The lowest BCUT2D eigenvalue weighted by atomic mass is 10.2. The van der Waals surface area contributed by atoms with Crippen molar-refractivity contribution < 1.29 is 31.5 Å². The normalized spacial score (nSPS) is 22.5. The Morgan fingerprint density at radius 3 is 2.55 bits per heavy atom. The van der Waals surface area contributed by atoms with E-state index in [9.17, 15) is 26.4 Å². The number of alkyl halides is 3. The third-order valence-corrected chi connectivity index (χ3v) is 4.55. The summed E-state index contributed by atoms with van der Waals surface area (Å²) in [6.07, 6.45) is -4.90. The molecule has 0 aliphatic carbocycles. The second-order valence-corrected chi connectivity index (χ2v) is 6.85. The molecular formula is C10H17F3N2O4S. The van der Waals surface area contributed by atoms with Crippen molar-refractivity contribution in [1.29, 1.82) is 0 Å². The molecule has 0 aromatic rings. The predicted octanol–water partition coefficient (Wildman–Crippen LogP) is -0.854. The number of hydrogen-bond acceptors (Lipinski definition) is 5. The molecule has 118 valence electrons. The number of carbonyl (C=O) groups excluding carboxylic acids is 1. The minimum absolute atomic E-state index is 0.0411. The van der Waals surface area contributed by atoms with Gasteiger partial charge in [0.05, 0.1) is 18.1 Å². The predicted molar refractivity (Wildman–Crippen MR) is 64.8 cm³/mol. The number of hydrogen-bond donors (Lipinski definition) is 2. The van der Waals surface area contributed by atoms with E-state index in [2.05, 4.69) is 5.32 Å². The van der Waals surface area contributed by atoms with Crippen LogP contribution in [0.5, 0.6) is 0 Å². The number of sulfone groups is 1. The quantitative estimate of drug-likeness (QED) is 0.689. The summed E-state index contributed by atoms with van der Waals surface area (Å²) in [5.41, 5.74) is 0. The Balaban J connectivity index is 2.61. The Kier molecular flexibility index (Phi) is 5.78. The molecule has 1 amide bonds. The van der Waals surface area contributed by atoms with Crippen molar-refractivity contribution in [3.8, 4) is 0 Å². The zero-order valence-corrected chi connectivity index (χ0v) is 11.5. The fraction of sp³-hybridized carbons (Fsp3) is 0.900. The number of halogens is 3. The summed E-state index contributed by atoms with van der Waals surface area (Å²) in [6, 6.07) is -0.685. The van der Waals surface area contributed by atoms with E-state index in [1.54, 1.807) is 0 Å². The van der Waals surface area contributed by atoms with Crippen molar-refractivity contribution in [2.75, 3.05) is 37.7 Å². The number of carbonyl (C=O) groups is 1. The maximum atomic E-state index is 12.3. The number of rotatable bonds is 5. The minimum atomic E-state index is -4.56. The van der Waals surface area contributed by atoms with Crippen LogP contribution in [0, 0.1) is 0 Å². The molecule has 0 aromatic carbocycles. The third-order valence-electron chi connectivity index (χ3n) is 2.81. The van der Waals surface area contributed by atoms with Crippen LogP contribution in [0.1, 0.15) is 6.42 Å². The number of aliphatic hydroxyl groups excluding tert-OH is 1.